The van der Waals surface area contributed by atoms with Gasteiger partial charge in [0.05, 0.1) is 42.7 Å². The zero-order chi connectivity index (χ0) is 19.3. The van der Waals surface area contributed by atoms with Crippen LogP contribution in [-0.4, -0.2) is 34.6 Å². The van der Waals surface area contributed by atoms with Crippen LogP contribution in [0.3, 0.4) is 0 Å². The number of benzene rings is 2. The summed E-state index contributed by atoms with van der Waals surface area (Å²) in [6.45, 7) is 0. The van der Waals surface area contributed by atoms with Crippen molar-refractivity contribution >= 4 is 27.6 Å². The normalized spacial score (nSPS) is 10.5. The van der Waals surface area contributed by atoms with Crippen LogP contribution in [0, 0.1) is 11.3 Å². The van der Waals surface area contributed by atoms with Gasteiger partial charge in [-0.1, -0.05) is 6.07 Å². The first-order valence-corrected chi connectivity index (χ1v) is 8.64. The molecule has 26 heavy (non-hydrogen) atoms. The predicted molar refractivity (Wildman–Crippen MR) is 91.1 cm³/mol. The molecule has 0 spiro atoms. The van der Waals surface area contributed by atoms with Gasteiger partial charge in [-0.25, -0.2) is 18.0 Å². The Morgan fingerprint density at radius 3 is 2.35 bits per heavy atom. The van der Waals surface area contributed by atoms with Crippen LogP contribution in [0.4, 0.5) is 5.69 Å². The van der Waals surface area contributed by atoms with E-state index >= 15 is 0 Å². The fourth-order valence-electron chi connectivity index (χ4n) is 2.13. The molecular weight excluding hydrogens is 360 g/mol. The predicted octanol–water partition coefficient (Wildman–Crippen LogP) is 1.93. The largest absolute Gasteiger partial charge is 0.465 e. The number of nitriles is 1. The molecule has 0 saturated carbocycles. The van der Waals surface area contributed by atoms with Gasteiger partial charge in [-0.15, -0.1) is 0 Å². The van der Waals surface area contributed by atoms with E-state index in [-0.39, 0.29) is 22.4 Å². The number of carbonyl (C=O) groups excluding carboxylic acids is 2. The summed E-state index contributed by atoms with van der Waals surface area (Å²) in [7, 11) is -2.00. The maximum absolute atomic E-state index is 12.8. The first kappa shape index (κ1) is 19.0. The summed E-state index contributed by atoms with van der Waals surface area (Å²) in [5.74, 6) is -1.64. The molecule has 0 aliphatic rings. The minimum absolute atomic E-state index is 0.0497. The van der Waals surface area contributed by atoms with Crippen LogP contribution in [0.1, 0.15) is 26.3 Å². The topological polar surface area (TPSA) is 123 Å². The summed E-state index contributed by atoms with van der Waals surface area (Å²) in [6.07, 6.45) is 0. The first-order valence-electron chi connectivity index (χ1n) is 7.16. The summed E-state index contributed by atoms with van der Waals surface area (Å²) >= 11 is 0. The Bertz CT molecular complexity index is 1010. The first-order chi connectivity index (χ1) is 12.3. The maximum Gasteiger partial charge on any atom is 0.339 e. The van der Waals surface area contributed by atoms with Gasteiger partial charge in [0.15, 0.2) is 0 Å². The fourth-order valence-corrected chi connectivity index (χ4v) is 3.40. The molecule has 2 aromatic rings. The highest BCUT2D eigenvalue weighted by molar-refractivity contribution is 7.92. The van der Waals surface area contributed by atoms with Crippen molar-refractivity contribution in [2.75, 3.05) is 18.9 Å². The van der Waals surface area contributed by atoms with Crippen LogP contribution in [-0.2, 0) is 19.5 Å². The molecule has 1 N–H and O–H groups in total. The zero-order valence-corrected chi connectivity index (χ0v) is 14.7. The van der Waals surface area contributed by atoms with Gasteiger partial charge in [-0.2, -0.15) is 5.26 Å². The van der Waals surface area contributed by atoms with E-state index in [0.717, 1.165) is 20.3 Å². The van der Waals surface area contributed by atoms with Gasteiger partial charge in [0, 0.05) is 0 Å². The number of esters is 2. The van der Waals surface area contributed by atoms with E-state index in [1.807, 2.05) is 6.07 Å². The Labute approximate surface area is 150 Å². The molecule has 134 valence electrons. The van der Waals surface area contributed by atoms with E-state index in [9.17, 15) is 18.0 Å². The van der Waals surface area contributed by atoms with Gasteiger partial charge < -0.3 is 9.47 Å². The molecule has 0 aliphatic heterocycles. The van der Waals surface area contributed by atoms with Crippen molar-refractivity contribution in [3.8, 4) is 6.07 Å². The lowest BCUT2D eigenvalue weighted by molar-refractivity contribution is 0.0583. The molecule has 0 atom stereocenters. The Kier molecular flexibility index (Phi) is 5.59. The molecule has 2 aromatic carbocycles. The summed E-state index contributed by atoms with van der Waals surface area (Å²) in [6, 6.07) is 11.1. The molecule has 8 nitrogen and oxygen atoms in total. The van der Waals surface area contributed by atoms with Gasteiger partial charge in [0.2, 0.25) is 0 Å². The second-order valence-electron chi connectivity index (χ2n) is 4.99. The van der Waals surface area contributed by atoms with Crippen molar-refractivity contribution in [1.82, 2.24) is 0 Å². The van der Waals surface area contributed by atoms with E-state index in [4.69, 9.17) is 5.26 Å². The summed E-state index contributed by atoms with van der Waals surface area (Å²) in [4.78, 5) is 23.2. The number of hydrogen-bond donors (Lipinski definition) is 1. The molecular formula is C17H14N2O6S. The SMILES string of the molecule is COC(=O)c1ccc(C(=O)OC)c(S(=O)(=O)Nc2cccc(C#N)c2)c1. The molecule has 0 aliphatic carbocycles. The van der Waals surface area contributed by atoms with Crippen LogP contribution < -0.4 is 4.72 Å². The molecule has 0 saturated heterocycles. The number of ether oxygens (including phenoxy) is 2. The number of nitrogens with zero attached hydrogens (tertiary/aromatic N) is 1. The third-order valence-corrected chi connectivity index (χ3v) is 4.76. The van der Waals surface area contributed by atoms with Crippen LogP contribution in [0.25, 0.3) is 0 Å². The molecule has 0 aromatic heterocycles. The average molecular weight is 374 g/mol. The Morgan fingerprint density at radius 2 is 1.73 bits per heavy atom. The number of anilines is 1. The lowest BCUT2D eigenvalue weighted by Crippen LogP contribution is -2.18. The number of hydrogen-bond acceptors (Lipinski definition) is 7. The number of sulfonamides is 1. The lowest BCUT2D eigenvalue weighted by Gasteiger charge is -2.12. The highest BCUT2D eigenvalue weighted by atomic mass is 32.2. The molecule has 2 rings (SSSR count). The van der Waals surface area contributed by atoms with Crippen molar-refractivity contribution in [3.05, 3.63) is 59.2 Å². The molecule has 0 bridgehead atoms. The molecule has 0 fully saturated rings. The van der Waals surface area contributed by atoms with Crippen molar-refractivity contribution < 1.29 is 27.5 Å². The number of rotatable bonds is 5. The molecule has 9 heteroatoms. The van der Waals surface area contributed by atoms with Crippen molar-refractivity contribution in [2.45, 2.75) is 4.90 Å². The van der Waals surface area contributed by atoms with E-state index in [1.54, 1.807) is 0 Å². The Hall–Kier alpha value is -3.38. The minimum Gasteiger partial charge on any atom is -0.465 e. The molecule has 0 heterocycles. The molecule has 0 radical (unpaired) electrons. The quantitative estimate of drug-likeness (QED) is 0.793. The van der Waals surface area contributed by atoms with Crippen LogP contribution >= 0.6 is 0 Å². The number of carbonyl (C=O) groups is 2. The Balaban J connectivity index is 2.56. The second-order valence-corrected chi connectivity index (χ2v) is 6.64. The summed E-state index contributed by atoms with van der Waals surface area (Å²) in [5, 5.41) is 8.91. The van der Waals surface area contributed by atoms with Crippen LogP contribution in [0.15, 0.2) is 47.4 Å². The maximum atomic E-state index is 12.8. The van der Waals surface area contributed by atoms with Crippen molar-refractivity contribution in [1.29, 1.82) is 5.26 Å². The van der Waals surface area contributed by atoms with Gasteiger partial charge >= 0.3 is 11.9 Å². The highest BCUT2D eigenvalue weighted by Crippen LogP contribution is 2.23. The average Bonchev–Trinajstić information content (AvgIpc) is 2.66. The van der Waals surface area contributed by atoms with Crippen LogP contribution in [0.5, 0.6) is 0 Å². The Morgan fingerprint density at radius 1 is 1.04 bits per heavy atom. The monoisotopic (exact) mass is 374 g/mol. The number of nitrogens with one attached hydrogen (secondary N) is 1. The number of methoxy groups -OCH3 is 2. The van der Waals surface area contributed by atoms with E-state index in [0.29, 0.717) is 0 Å². The fraction of sp³-hybridized carbons (Fsp3) is 0.118. The van der Waals surface area contributed by atoms with E-state index in [2.05, 4.69) is 14.2 Å². The summed E-state index contributed by atoms with van der Waals surface area (Å²) in [5.41, 5.74) is 0.0837. The zero-order valence-electron chi connectivity index (χ0n) is 13.8. The third-order valence-electron chi connectivity index (χ3n) is 3.34. The standard InChI is InChI=1S/C17H14N2O6S/c1-24-16(20)12-6-7-14(17(21)25-2)15(9-12)26(22,23)19-13-5-3-4-11(8-13)10-18/h3-9,19H,1-2H3. The molecule has 0 unspecified atom stereocenters. The third kappa shape index (κ3) is 3.99. The second kappa shape index (κ2) is 7.67. The van der Waals surface area contributed by atoms with Crippen LogP contribution in [0.2, 0.25) is 0 Å². The smallest absolute Gasteiger partial charge is 0.339 e. The van der Waals surface area contributed by atoms with Crippen molar-refractivity contribution in [2.24, 2.45) is 0 Å². The van der Waals surface area contributed by atoms with Gasteiger partial charge in [-0.3, -0.25) is 4.72 Å². The molecule has 0 amide bonds. The van der Waals surface area contributed by atoms with E-state index in [1.165, 1.54) is 36.4 Å². The minimum atomic E-state index is -4.26. The van der Waals surface area contributed by atoms with Gasteiger partial charge in [0.25, 0.3) is 10.0 Å². The highest BCUT2D eigenvalue weighted by Gasteiger charge is 2.25. The van der Waals surface area contributed by atoms with Crippen molar-refractivity contribution in [3.63, 3.8) is 0 Å². The van der Waals surface area contributed by atoms with Gasteiger partial charge in [-0.05, 0) is 36.4 Å². The summed E-state index contributed by atoms with van der Waals surface area (Å²) < 4.78 is 36.9. The van der Waals surface area contributed by atoms with E-state index < -0.39 is 26.9 Å². The van der Waals surface area contributed by atoms with Gasteiger partial charge in [0.1, 0.15) is 4.90 Å². The lowest BCUT2D eigenvalue weighted by atomic mass is 10.1.